The zero-order valence-electron chi connectivity index (χ0n) is 10.4. The molecule has 1 amide bonds. The van der Waals surface area contributed by atoms with Crippen molar-refractivity contribution in [3.63, 3.8) is 0 Å². The molecule has 5 nitrogen and oxygen atoms in total. The Bertz CT molecular complexity index is 423. The molecule has 1 saturated heterocycles. The highest BCUT2D eigenvalue weighted by Crippen LogP contribution is 2.23. The SMILES string of the molecule is O=C(OCCO)N1CCOC(c2ccc(Cl)cc2)C1. The third-order valence-corrected chi connectivity index (χ3v) is 3.14. The first-order chi connectivity index (χ1) is 9.20. The Morgan fingerprint density at radius 2 is 2.21 bits per heavy atom. The van der Waals surface area contributed by atoms with Gasteiger partial charge in [-0.2, -0.15) is 0 Å². The number of hydrogen-bond acceptors (Lipinski definition) is 4. The zero-order chi connectivity index (χ0) is 13.7. The number of carbonyl (C=O) groups excluding carboxylic acids is 1. The number of morpholine rings is 1. The fourth-order valence-corrected chi connectivity index (χ4v) is 2.04. The number of amides is 1. The first-order valence-electron chi connectivity index (χ1n) is 6.10. The second-order valence-electron chi connectivity index (χ2n) is 4.19. The number of nitrogens with zero attached hydrogens (tertiary/aromatic N) is 1. The van der Waals surface area contributed by atoms with E-state index in [1.165, 1.54) is 0 Å². The number of ether oxygens (including phenoxy) is 2. The topological polar surface area (TPSA) is 59.0 Å². The lowest BCUT2D eigenvalue weighted by Gasteiger charge is -2.32. The van der Waals surface area contributed by atoms with E-state index in [2.05, 4.69) is 0 Å². The standard InChI is InChI=1S/C13H16ClNO4/c14-11-3-1-10(2-4-11)12-9-15(5-7-18-12)13(17)19-8-6-16/h1-4,12,16H,5-9H2. The number of aliphatic hydroxyl groups excluding tert-OH is 1. The van der Waals surface area contributed by atoms with Crippen LogP contribution in [0.15, 0.2) is 24.3 Å². The summed E-state index contributed by atoms with van der Waals surface area (Å²) in [5.74, 6) is 0. The van der Waals surface area contributed by atoms with Gasteiger partial charge in [-0.05, 0) is 17.7 Å². The normalized spacial score (nSPS) is 19.3. The summed E-state index contributed by atoms with van der Waals surface area (Å²) in [5.41, 5.74) is 0.976. The van der Waals surface area contributed by atoms with Gasteiger partial charge in [-0.15, -0.1) is 0 Å². The van der Waals surface area contributed by atoms with Gasteiger partial charge in [0.15, 0.2) is 0 Å². The molecule has 6 heteroatoms. The summed E-state index contributed by atoms with van der Waals surface area (Å²) in [6.07, 6.45) is -0.594. The monoisotopic (exact) mass is 285 g/mol. The van der Waals surface area contributed by atoms with E-state index in [1.54, 1.807) is 17.0 Å². The number of benzene rings is 1. The van der Waals surface area contributed by atoms with E-state index >= 15 is 0 Å². The van der Waals surface area contributed by atoms with E-state index in [0.29, 0.717) is 24.7 Å². The molecule has 1 N–H and O–H groups in total. The minimum atomic E-state index is -0.420. The van der Waals surface area contributed by atoms with E-state index in [4.69, 9.17) is 26.2 Å². The van der Waals surface area contributed by atoms with Crippen LogP contribution in [0.25, 0.3) is 0 Å². The van der Waals surface area contributed by atoms with Crippen molar-refractivity contribution in [1.29, 1.82) is 0 Å². The van der Waals surface area contributed by atoms with Gasteiger partial charge in [0, 0.05) is 11.6 Å². The van der Waals surface area contributed by atoms with Crippen molar-refractivity contribution in [2.45, 2.75) is 6.10 Å². The van der Waals surface area contributed by atoms with Crippen molar-refractivity contribution in [1.82, 2.24) is 4.90 Å². The summed E-state index contributed by atoms with van der Waals surface area (Å²) in [6, 6.07) is 7.36. The van der Waals surface area contributed by atoms with Gasteiger partial charge >= 0.3 is 6.09 Å². The fourth-order valence-electron chi connectivity index (χ4n) is 1.92. The van der Waals surface area contributed by atoms with Crippen LogP contribution in [0, 0.1) is 0 Å². The summed E-state index contributed by atoms with van der Waals surface area (Å²) >= 11 is 5.84. The molecule has 2 rings (SSSR count). The molecule has 1 aliphatic heterocycles. The van der Waals surface area contributed by atoms with Crippen molar-refractivity contribution >= 4 is 17.7 Å². The highest BCUT2D eigenvalue weighted by atomic mass is 35.5. The molecule has 1 atom stereocenters. The Hall–Kier alpha value is -1.30. The molecule has 1 aromatic rings. The Morgan fingerprint density at radius 3 is 2.89 bits per heavy atom. The molecule has 104 valence electrons. The molecular weight excluding hydrogens is 270 g/mol. The lowest BCUT2D eigenvalue weighted by molar-refractivity contribution is -0.0299. The third-order valence-electron chi connectivity index (χ3n) is 2.88. The molecule has 0 aromatic heterocycles. The van der Waals surface area contributed by atoms with Crippen molar-refractivity contribution in [2.24, 2.45) is 0 Å². The van der Waals surface area contributed by atoms with E-state index in [-0.39, 0.29) is 19.3 Å². The highest BCUT2D eigenvalue weighted by Gasteiger charge is 2.26. The number of aliphatic hydroxyl groups is 1. The first-order valence-corrected chi connectivity index (χ1v) is 6.48. The summed E-state index contributed by atoms with van der Waals surface area (Å²) in [4.78, 5) is 13.3. The fraction of sp³-hybridized carbons (Fsp3) is 0.462. The van der Waals surface area contributed by atoms with Crippen LogP contribution in [0.4, 0.5) is 4.79 Å². The summed E-state index contributed by atoms with van der Waals surface area (Å²) in [7, 11) is 0. The molecule has 0 saturated carbocycles. The third kappa shape index (κ3) is 3.83. The van der Waals surface area contributed by atoms with Crippen LogP contribution in [0.3, 0.4) is 0 Å². The minimum Gasteiger partial charge on any atom is -0.447 e. The lowest BCUT2D eigenvalue weighted by Crippen LogP contribution is -2.42. The minimum absolute atomic E-state index is 0.0157. The van der Waals surface area contributed by atoms with Gasteiger partial charge in [0.1, 0.15) is 12.7 Å². The summed E-state index contributed by atoms with van der Waals surface area (Å²) in [6.45, 7) is 1.24. The Kier molecular flexibility index (Phi) is 5.01. The van der Waals surface area contributed by atoms with E-state index in [1.807, 2.05) is 12.1 Å². The Balaban J connectivity index is 1.96. The van der Waals surface area contributed by atoms with Gasteiger partial charge in [0.2, 0.25) is 0 Å². The first kappa shape index (κ1) is 14.1. The Morgan fingerprint density at radius 1 is 1.47 bits per heavy atom. The van der Waals surface area contributed by atoms with Crippen LogP contribution in [-0.4, -0.2) is 49.0 Å². The molecule has 1 heterocycles. The van der Waals surface area contributed by atoms with Crippen LogP contribution in [-0.2, 0) is 9.47 Å². The van der Waals surface area contributed by atoms with Crippen LogP contribution in [0.5, 0.6) is 0 Å². The average Bonchev–Trinajstić information content (AvgIpc) is 2.45. The number of carbonyl (C=O) groups is 1. The summed E-state index contributed by atoms with van der Waals surface area (Å²) in [5, 5.41) is 9.30. The molecular formula is C13H16ClNO4. The number of halogens is 1. The van der Waals surface area contributed by atoms with Crippen LogP contribution >= 0.6 is 11.6 Å². The average molecular weight is 286 g/mol. The van der Waals surface area contributed by atoms with E-state index in [0.717, 1.165) is 5.56 Å². The summed E-state index contributed by atoms with van der Waals surface area (Å²) < 4.78 is 10.5. The molecule has 0 aliphatic carbocycles. The van der Waals surface area contributed by atoms with Gasteiger partial charge in [-0.25, -0.2) is 4.79 Å². The van der Waals surface area contributed by atoms with Gasteiger partial charge in [0.25, 0.3) is 0 Å². The van der Waals surface area contributed by atoms with E-state index in [9.17, 15) is 4.79 Å². The van der Waals surface area contributed by atoms with Gasteiger partial charge < -0.3 is 19.5 Å². The zero-order valence-corrected chi connectivity index (χ0v) is 11.2. The Labute approximate surface area is 116 Å². The van der Waals surface area contributed by atoms with Gasteiger partial charge in [0.05, 0.1) is 19.8 Å². The van der Waals surface area contributed by atoms with Gasteiger partial charge in [-0.3, -0.25) is 0 Å². The molecule has 1 aliphatic rings. The predicted molar refractivity (Wildman–Crippen MR) is 70.2 cm³/mol. The van der Waals surface area contributed by atoms with Crippen LogP contribution in [0.2, 0.25) is 5.02 Å². The second-order valence-corrected chi connectivity index (χ2v) is 4.63. The molecule has 0 bridgehead atoms. The van der Waals surface area contributed by atoms with Crippen LogP contribution < -0.4 is 0 Å². The van der Waals surface area contributed by atoms with Crippen molar-refractivity contribution < 1.29 is 19.4 Å². The molecule has 1 fully saturated rings. The maximum Gasteiger partial charge on any atom is 0.410 e. The van der Waals surface area contributed by atoms with Crippen LogP contribution in [0.1, 0.15) is 11.7 Å². The van der Waals surface area contributed by atoms with Crippen molar-refractivity contribution in [3.8, 4) is 0 Å². The van der Waals surface area contributed by atoms with Crippen molar-refractivity contribution in [3.05, 3.63) is 34.9 Å². The van der Waals surface area contributed by atoms with Crippen molar-refractivity contribution in [2.75, 3.05) is 32.9 Å². The number of hydrogen-bond donors (Lipinski definition) is 1. The lowest BCUT2D eigenvalue weighted by atomic mass is 10.1. The largest absolute Gasteiger partial charge is 0.447 e. The van der Waals surface area contributed by atoms with Gasteiger partial charge in [-0.1, -0.05) is 23.7 Å². The number of rotatable bonds is 3. The molecule has 0 spiro atoms. The maximum absolute atomic E-state index is 11.7. The predicted octanol–water partition coefficient (Wildman–Crippen LogP) is 1.84. The molecule has 0 radical (unpaired) electrons. The quantitative estimate of drug-likeness (QED) is 0.921. The molecule has 1 aromatic carbocycles. The molecule has 1 unspecified atom stereocenters. The maximum atomic E-state index is 11.7. The van der Waals surface area contributed by atoms with E-state index < -0.39 is 6.09 Å². The smallest absolute Gasteiger partial charge is 0.410 e. The highest BCUT2D eigenvalue weighted by molar-refractivity contribution is 6.30. The molecule has 19 heavy (non-hydrogen) atoms. The second kappa shape index (κ2) is 6.75.